The van der Waals surface area contributed by atoms with Gasteiger partial charge in [0.25, 0.3) is 0 Å². The van der Waals surface area contributed by atoms with Gasteiger partial charge in [0, 0.05) is 12.6 Å². The molecule has 8 nitrogen and oxygen atoms in total. The zero-order valence-corrected chi connectivity index (χ0v) is 18.9. The van der Waals surface area contributed by atoms with Crippen molar-refractivity contribution in [1.82, 2.24) is 14.4 Å². The second-order valence-corrected chi connectivity index (χ2v) is 10.2. The van der Waals surface area contributed by atoms with Gasteiger partial charge in [0.2, 0.25) is 21.7 Å². The van der Waals surface area contributed by atoms with Crippen LogP contribution in [0.2, 0.25) is 0 Å². The van der Waals surface area contributed by atoms with Crippen LogP contribution >= 0.6 is 0 Å². The van der Waals surface area contributed by atoms with E-state index in [1.54, 1.807) is 0 Å². The molecular weight excluding hydrogens is 418 g/mol. The van der Waals surface area contributed by atoms with Crippen molar-refractivity contribution in [2.75, 3.05) is 14.2 Å². The molecule has 9 heteroatoms. The maximum Gasteiger partial charge on any atom is 0.337 e. The number of ether oxygens (including phenoxy) is 1. The molecule has 1 aromatic heterocycles. The third-order valence-corrected chi connectivity index (χ3v) is 6.60. The standard InChI is InChI=1S/C22H25N3O5S/c1-22(2,3)17-11-9-15(10-12-17)20-23-19(30-24-20)14-25(4)31(27,28)18-8-6-7-16(13-18)21(26)29-5/h6-13H,14H2,1-5H3. The minimum atomic E-state index is -3.88. The molecule has 31 heavy (non-hydrogen) atoms. The van der Waals surface area contributed by atoms with Gasteiger partial charge in [0.15, 0.2) is 0 Å². The molecule has 0 aliphatic heterocycles. The third-order valence-electron chi connectivity index (χ3n) is 4.80. The van der Waals surface area contributed by atoms with Gasteiger partial charge in [-0.3, -0.25) is 0 Å². The number of carbonyl (C=O) groups is 1. The summed E-state index contributed by atoms with van der Waals surface area (Å²) in [5, 5.41) is 3.97. The van der Waals surface area contributed by atoms with Crippen LogP contribution in [0.25, 0.3) is 11.4 Å². The molecule has 1 heterocycles. The summed E-state index contributed by atoms with van der Waals surface area (Å²) in [4.78, 5) is 16.0. The Bertz CT molecular complexity index is 1180. The zero-order valence-electron chi connectivity index (χ0n) is 18.1. The first-order valence-electron chi connectivity index (χ1n) is 9.60. The average Bonchev–Trinajstić information content (AvgIpc) is 3.21. The molecule has 0 fully saturated rings. The summed E-state index contributed by atoms with van der Waals surface area (Å²) in [7, 11) is -1.24. The SMILES string of the molecule is COC(=O)c1cccc(S(=O)(=O)N(C)Cc2nc(-c3ccc(C(C)(C)C)cc3)no2)c1. The number of aromatic nitrogens is 2. The van der Waals surface area contributed by atoms with Crippen molar-refractivity contribution >= 4 is 16.0 Å². The number of benzene rings is 2. The highest BCUT2D eigenvalue weighted by atomic mass is 32.2. The van der Waals surface area contributed by atoms with Gasteiger partial charge in [-0.2, -0.15) is 9.29 Å². The van der Waals surface area contributed by atoms with Crippen LogP contribution in [-0.4, -0.2) is 43.0 Å². The van der Waals surface area contributed by atoms with E-state index in [0.29, 0.717) is 5.82 Å². The topological polar surface area (TPSA) is 103 Å². The van der Waals surface area contributed by atoms with E-state index in [4.69, 9.17) is 4.52 Å². The predicted molar refractivity (Wildman–Crippen MR) is 115 cm³/mol. The van der Waals surface area contributed by atoms with Crippen LogP contribution in [0, 0.1) is 0 Å². The van der Waals surface area contributed by atoms with E-state index < -0.39 is 16.0 Å². The Morgan fingerprint density at radius 3 is 2.42 bits per heavy atom. The molecule has 0 N–H and O–H groups in total. The number of hydrogen-bond donors (Lipinski definition) is 0. The molecule has 2 aromatic carbocycles. The van der Waals surface area contributed by atoms with E-state index in [0.717, 1.165) is 9.87 Å². The largest absolute Gasteiger partial charge is 0.465 e. The second kappa shape index (κ2) is 8.60. The minimum absolute atomic E-state index is 0.0309. The van der Waals surface area contributed by atoms with Crippen LogP contribution < -0.4 is 0 Å². The normalized spacial score (nSPS) is 12.2. The van der Waals surface area contributed by atoms with E-state index in [-0.39, 0.29) is 28.3 Å². The van der Waals surface area contributed by atoms with Crippen LogP contribution in [0.4, 0.5) is 0 Å². The molecular formula is C22H25N3O5S. The Morgan fingerprint density at radius 1 is 1.13 bits per heavy atom. The summed E-state index contributed by atoms with van der Waals surface area (Å²) in [6.07, 6.45) is 0. The highest BCUT2D eigenvalue weighted by molar-refractivity contribution is 7.89. The molecule has 0 saturated heterocycles. The lowest BCUT2D eigenvalue weighted by Crippen LogP contribution is -2.26. The number of esters is 1. The fraction of sp³-hybridized carbons (Fsp3) is 0.318. The molecule has 0 aliphatic rings. The van der Waals surface area contributed by atoms with Crippen LogP contribution in [0.3, 0.4) is 0 Å². The lowest BCUT2D eigenvalue weighted by atomic mass is 9.87. The van der Waals surface area contributed by atoms with Crippen molar-refractivity contribution in [2.24, 2.45) is 0 Å². The van der Waals surface area contributed by atoms with E-state index in [2.05, 4.69) is 35.6 Å². The van der Waals surface area contributed by atoms with Gasteiger partial charge in [-0.05, 0) is 29.2 Å². The number of methoxy groups -OCH3 is 1. The molecule has 3 rings (SSSR count). The minimum Gasteiger partial charge on any atom is -0.465 e. The summed E-state index contributed by atoms with van der Waals surface area (Å²) >= 11 is 0. The van der Waals surface area contributed by atoms with Crippen LogP contribution in [0.5, 0.6) is 0 Å². The van der Waals surface area contributed by atoms with Crippen molar-refractivity contribution in [3.8, 4) is 11.4 Å². The van der Waals surface area contributed by atoms with Crippen LogP contribution in [0.1, 0.15) is 42.6 Å². The monoisotopic (exact) mass is 443 g/mol. The number of sulfonamides is 1. The number of hydrogen-bond acceptors (Lipinski definition) is 7. The Kier molecular flexibility index (Phi) is 6.28. The first kappa shape index (κ1) is 22.6. The van der Waals surface area contributed by atoms with Crippen molar-refractivity contribution < 1.29 is 22.5 Å². The lowest BCUT2D eigenvalue weighted by Gasteiger charge is -2.18. The van der Waals surface area contributed by atoms with Gasteiger partial charge in [-0.25, -0.2) is 13.2 Å². The summed E-state index contributed by atoms with van der Waals surface area (Å²) in [5.74, 6) is -0.0715. The molecule has 0 spiro atoms. The van der Waals surface area contributed by atoms with Crippen molar-refractivity contribution in [2.45, 2.75) is 37.6 Å². The maximum absolute atomic E-state index is 12.9. The molecule has 164 valence electrons. The molecule has 0 bridgehead atoms. The first-order chi connectivity index (χ1) is 14.5. The van der Waals surface area contributed by atoms with Gasteiger partial charge in [-0.15, -0.1) is 0 Å². The highest BCUT2D eigenvalue weighted by Crippen LogP contribution is 2.25. The second-order valence-electron chi connectivity index (χ2n) is 8.12. The Morgan fingerprint density at radius 2 is 1.81 bits per heavy atom. The quantitative estimate of drug-likeness (QED) is 0.536. The summed E-state index contributed by atoms with van der Waals surface area (Å²) in [5.41, 5.74) is 2.14. The third kappa shape index (κ3) is 5.00. The van der Waals surface area contributed by atoms with Crippen molar-refractivity contribution in [1.29, 1.82) is 0 Å². The Labute approximate surface area is 181 Å². The van der Waals surface area contributed by atoms with Gasteiger partial charge in [0.05, 0.1) is 24.1 Å². The summed E-state index contributed by atoms with van der Waals surface area (Å²) in [6, 6.07) is 13.5. The Balaban J connectivity index is 1.78. The fourth-order valence-electron chi connectivity index (χ4n) is 2.91. The number of carbonyl (C=O) groups excluding carboxylic acids is 1. The van der Waals surface area contributed by atoms with Gasteiger partial charge < -0.3 is 9.26 Å². The van der Waals surface area contributed by atoms with Crippen LogP contribution in [-0.2, 0) is 26.7 Å². The fourth-order valence-corrected chi connectivity index (χ4v) is 4.08. The smallest absolute Gasteiger partial charge is 0.337 e. The molecule has 0 saturated carbocycles. The van der Waals surface area contributed by atoms with Gasteiger partial charge in [-0.1, -0.05) is 56.3 Å². The van der Waals surface area contributed by atoms with E-state index in [9.17, 15) is 13.2 Å². The van der Waals surface area contributed by atoms with Gasteiger partial charge in [0.1, 0.15) is 0 Å². The number of nitrogens with zero attached hydrogens (tertiary/aromatic N) is 3. The zero-order chi connectivity index (χ0) is 22.8. The van der Waals surface area contributed by atoms with E-state index in [1.165, 1.54) is 44.0 Å². The lowest BCUT2D eigenvalue weighted by molar-refractivity contribution is 0.0600. The van der Waals surface area contributed by atoms with E-state index in [1.807, 2.05) is 24.3 Å². The molecule has 0 atom stereocenters. The average molecular weight is 444 g/mol. The molecule has 0 aliphatic carbocycles. The maximum atomic E-state index is 12.9. The van der Waals surface area contributed by atoms with Crippen molar-refractivity contribution in [3.63, 3.8) is 0 Å². The number of rotatable bonds is 6. The van der Waals surface area contributed by atoms with Crippen LogP contribution in [0.15, 0.2) is 57.9 Å². The summed E-state index contributed by atoms with van der Waals surface area (Å²) in [6.45, 7) is 6.28. The molecule has 0 unspecified atom stereocenters. The molecule has 3 aromatic rings. The molecule has 0 radical (unpaired) electrons. The summed E-state index contributed by atoms with van der Waals surface area (Å²) < 4.78 is 36.8. The predicted octanol–water partition coefficient (Wildman–Crippen LogP) is 3.64. The highest BCUT2D eigenvalue weighted by Gasteiger charge is 2.24. The van der Waals surface area contributed by atoms with Gasteiger partial charge >= 0.3 is 5.97 Å². The Hall–Kier alpha value is -3.04. The first-order valence-corrected chi connectivity index (χ1v) is 11.0. The van der Waals surface area contributed by atoms with E-state index >= 15 is 0 Å². The van der Waals surface area contributed by atoms with Crippen molar-refractivity contribution in [3.05, 3.63) is 65.5 Å². The molecule has 0 amide bonds.